The quantitative estimate of drug-likeness (QED) is 0.534. The number of ketones is 1. The van der Waals surface area contributed by atoms with E-state index in [2.05, 4.69) is 10.0 Å². The molecule has 3 rings (SSSR count). The van der Waals surface area contributed by atoms with Crippen molar-refractivity contribution in [3.05, 3.63) is 82.0 Å². The molecule has 1 amide bonds. The summed E-state index contributed by atoms with van der Waals surface area (Å²) in [6.07, 6.45) is 0.344. The highest BCUT2D eigenvalue weighted by atomic mass is 32.2. The molecule has 0 aliphatic carbocycles. The topological polar surface area (TPSA) is 92.3 Å². The van der Waals surface area contributed by atoms with Crippen LogP contribution in [0.3, 0.4) is 0 Å². The van der Waals surface area contributed by atoms with E-state index in [0.29, 0.717) is 22.5 Å². The maximum absolute atomic E-state index is 12.5. The van der Waals surface area contributed by atoms with Crippen molar-refractivity contribution in [3.8, 4) is 0 Å². The number of carbonyl (C=O) groups is 2. The number of anilines is 1. The first kappa shape index (κ1) is 20.9. The Bertz CT molecular complexity index is 1110. The van der Waals surface area contributed by atoms with E-state index in [1.165, 1.54) is 23.5 Å². The molecule has 0 fully saturated rings. The minimum absolute atomic E-state index is 0.0867. The average molecular weight is 429 g/mol. The number of amides is 1. The van der Waals surface area contributed by atoms with E-state index in [9.17, 15) is 18.0 Å². The van der Waals surface area contributed by atoms with Gasteiger partial charge in [-0.3, -0.25) is 9.59 Å². The summed E-state index contributed by atoms with van der Waals surface area (Å²) in [4.78, 5) is 25.2. The van der Waals surface area contributed by atoms with Crippen LogP contribution >= 0.6 is 11.3 Å². The first-order valence-corrected chi connectivity index (χ1v) is 11.3. The zero-order valence-corrected chi connectivity index (χ0v) is 17.3. The predicted molar refractivity (Wildman–Crippen MR) is 114 cm³/mol. The summed E-state index contributed by atoms with van der Waals surface area (Å²) >= 11 is 1.26. The number of rotatable bonds is 8. The molecule has 0 radical (unpaired) electrons. The van der Waals surface area contributed by atoms with E-state index in [1.807, 2.05) is 6.07 Å². The summed E-state index contributed by atoms with van der Waals surface area (Å²) < 4.78 is 27.5. The lowest BCUT2D eigenvalue weighted by molar-refractivity contribution is -0.115. The Labute approximate surface area is 173 Å². The second-order valence-corrected chi connectivity index (χ2v) is 9.15. The van der Waals surface area contributed by atoms with Crippen molar-refractivity contribution in [2.45, 2.75) is 24.8 Å². The van der Waals surface area contributed by atoms with Crippen molar-refractivity contribution in [1.29, 1.82) is 0 Å². The molecule has 29 heavy (non-hydrogen) atoms. The number of nitrogens with one attached hydrogen (secondary N) is 2. The largest absolute Gasteiger partial charge is 0.326 e. The monoisotopic (exact) mass is 428 g/mol. The average Bonchev–Trinajstić information content (AvgIpc) is 3.22. The summed E-state index contributed by atoms with van der Waals surface area (Å²) in [7, 11) is -3.71. The van der Waals surface area contributed by atoms with Gasteiger partial charge in [0.15, 0.2) is 0 Å². The molecular weight excluding hydrogens is 408 g/mol. The minimum Gasteiger partial charge on any atom is -0.326 e. The van der Waals surface area contributed by atoms with Gasteiger partial charge in [-0.15, -0.1) is 11.3 Å². The predicted octanol–water partition coefficient (Wildman–Crippen LogP) is 3.81. The van der Waals surface area contributed by atoms with Crippen LogP contribution < -0.4 is 10.0 Å². The van der Waals surface area contributed by atoms with Gasteiger partial charge in [0.05, 0.1) is 9.77 Å². The highest BCUT2D eigenvalue weighted by Gasteiger charge is 2.16. The van der Waals surface area contributed by atoms with Gasteiger partial charge in [0.2, 0.25) is 21.7 Å². The minimum atomic E-state index is -3.71. The Hall–Kier alpha value is -2.81. The molecule has 8 heteroatoms. The van der Waals surface area contributed by atoms with Crippen molar-refractivity contribution in [2.24, 2.45) is 0 Å². The SMILES string of the molecule is CCC(=O)Nc1ccc(S(=O)(=O)NCc2ccc(C(=O)c3ccccc3)s2)cc1. The van der Waals surface area contributed by atoms with Crippen molar-refractivity contribution in [1.82, 2.24) is 4.72 Å². The molecule has 0 unspecified atom stereocenters. The molecule has 2 aromatic carbocycles. The summed E-state index contributed by atoms with van der Waals surface area (Å²) in [6, 6.07) is 18.3. The lowest BCUT2D eigenvalue weighted by Gasteiger charge is -2.07. The molecule has 0 saturated heterocycles. The number of hydrogen-bond donors (Lipinski definition) is 2. The van der Waals surface area contributed by atoms with Crippen molar-refractivity contribution >= 4 is 38.7 Å². The van der Waals surface area contributed by atoms with E-state index < -0.39 is 10.0 Å². The molecule has 0 atom stereocenters. The smallest absolute Gasteiger partial charge is 0.240 e. The molecular formula is C21H20N2O4S2. The standard InChI is InChI=1S/C21H20N2O4S2/c1-2-20(24)23-16-8-11-18(12-9-16)29(26,27)22-14-17-10-13-19(28-17)21(25)15-6-4-3-5-7-15/h3-13,22H,2,14H2,1H3,(H,23,24). The van der Waals surface area contributed by atoms with Gasteiger partial charge in [-0.1, -0.05) is 37.3 Å². The van der Waals surface area contributed by atoms with Gasteiger partial charge in [0.1, 0.15) is 0 Å². The van der Waals surface area contributed by atoms with Crippen LogP contribution in [0.15, 0.2) is 71.6 Å². The normalized spacial score (nSPS) is 11.2. The van der Waals surface area contributed by atoms with Crippen LogP contribution in [0.5, 0.6) is 0 Å². The van der Waals surface area contributed by atoms with Crippen molar-refractivity contribution in [2.75, 3.05) is 5.32 Å². The second kappa shape index (κ2) is 9.13. The zero-order chi connectivity index (χ0) is 20.9. The van der Waals surface area contributed by atoms with Gasteiger partial charge in [-0.2, -0.15) is 0 Å². The van der Waals surface area contributed by atoms with Crippen molar-refractivity contribution in [3.63, 3.8) is 0 Å². The Morgan fingerprint density at radius 3 is 2.28 bits per heavy atom. The van der Waals surface area contributed by atoms with E-state index in [-0.39, 0.29) is 23.1 Å². The Morgan fingerprint density at radius 2 is 1.62 bits per heavy atom. The van der Waals surface area contributed by atoms with Crippen molar-refractivity contribution < 1.29 is 18.0 Å². The molecule has 1 heterocycles. The molecule has 2 N–H and O–H groups in total. The lowest BCUT2D eigenvalue weighted by atomic mass is 10.1. The van der Waals surface area contributed by atoms with Gasteiger partial charge in [0, 0.05) is 29.1 Å². The molecule has 1 aromatic heterocycles. The third-order valence-electron chi connectivity index (χ3n) is 4.13. The number of benzene rings is 2. The molecule has 0 saturated carbocycles. The molecule has 0 bridgehead atoms. The number of sulfonamides is 1. The van der Waals surface area contributed by atoms with E-state index in [4.69, 9.17) is 0 Å². The fourth-order valence-corrected chi connectivity index (χ4v) is 4.55. The third kappa shape index (κ3) is 5.38. The lowest BCUT2D eigenvalue weighted by Crippen LogP contribution is -2.22. The first-order valence-electron chi connectivity index (χ1n) is 8.97. The summed E-state index contributed by atoms with van der Waals surface area (Å²) in [5.74, 6) is -0.230. The molecule has 0 aliphatic heterocycles. The molecule has 3 aromatic rings. The highest BCUT2D eigenvalue weighted by molar-refractivity contribution is 7.89. The molecule has 150 valence electrons. The van der Waals surface area contributed by atoms with Gasteiger partial charge >= 0.3 is 0 Å². The highest BCUT2D eigenvalue weighted by Crippen LogP contribution is 2.21. The van der Waals surface area contributed by atoms with Gasteiger partial charge < -0.3 is 5.32 Å². The number of hydrogen-bond acceptors (Lipinski definition) is 5. The summed E-state index contributed by atoms with van der Waals surface area (Å²) in [5, 5.41) is 2.67. The first-order chi connectivity index (χ1) is 13.9. The third-order valence-corrected chi connectivity index (χ3v) is 6.63. The second-order valence-electron chi connectivity index (χ2n) is 6.21. The van der Waals surface area contributed by atoms with Crippen LogP contribution in [0, 0.1) is 0 Å². The van der Waals surface area contributed by atoms with Gasteiger partial charge in [-0.25, -0.2) is 13.1 Å². The molecule has 0 aliphatic rings. The maximum atomic E-state index is 12.5. The Balaban J connectivity index is 1.64. The van der Waals surface area contributed by atoms with Gasteiger partial charge in [0.25, 0.3) is 0 Å². The van der Waals surface area contributed by atoms with E-state index in [1.54, 1.807) is 55.5 Å². The van der Waals surface area contributed by atoms with Gasteiger partial charge in [-0.05, 0) is 36.4 Å². The fraction of sp³-hybridized carbons (Fsp3) is 0.143. The van der Waals surface area contributed by atoms with Crippen LogP contribution in [-0.2, 0) is 21.4 Å². The van der Waals surface area contributed by atoms with Crippen LogP contribution in [-0.4, -0.2) is 20.1 Å². The van der Waals surface area contributed by atoms with E-state index >= 15 is 0 Å². The maximum Gasteiger partial charge on any atom is 0.240 e. The Morgan fingerprint density at radius 1 is 0.931 bits per heavy atom. The van der Waals surface area contributed by atoms with E-state index in [0.717, 1.165) is 4.88 Å². The van der Waals surface area contributed by atoms with Crippen LogP contribution in [0.4, 0.5) is 5.69 Å². The fourth-order valence-electron chi connectivity index (χ4n) is 2.54. The summed E-state index contributed by atoms with van der Waals surface area (Å²) in [6.45, 7) is 1.82. The summed E-state index contributed by atoms with van der Waals surface area (Å²) in [5.41, 5.74) is 1.13. The van der Waals surface area contributed by atoms with Crippen LogP contribution in [0.1, 0.15) is 33.5 Å². The van der Waals surface area contributed by atoms with Crippen LogP contribution in [0.25, 0.3) is 0 Å². The zero-order valence-electron chi connectivity index (χ0n) is 15.7. The number of carbonyl (C=O) groups excluding carboxylic acids is 2. The number of thiophene rings is 1. The molecule has 0 spiro atoms. The van der Waals surface area contributed by atoms with Crippen LogP contribution in [0.2, 0.25) is 0 Å². The molecule has 6 nitrogen and oxygen atoms in total. The Kier molecular flexibility index (Phi) is 6.58.